The number of nitrogens with zero attached hydrogens (tertiary/aromatic N) is 1. The van der Waals surface area contributed by atoms with E-state index in [1.807, 2.05) is 37.3 Å². The first kappa shape index (κ1) is 16.6. The fraction of sp³-hybridized carbons (Fsp3) is 0.158. The van der Waals surface area contributed by atoms with E-state index >= 15 is 0 Å². The van der Waals surface area contributed by atoms with Gasteiger partial charge in [0.25, 0.3) is 0 Å². The number of nitrogens with one attached hydrogen (secondary N) is 2. The normalized spacial score (nSPS) is 10.3. The molecule has 0 aliphatic carbocycles. The molecule has 1 aromatic carbocycles. The third-order valence-electron chi connectivity index (χ3n) is 3.48. The molecule has 3 aromatic rings. The van der Waals surface area contributed by atoms with Gasteiger partial charge in [-0.25, -0.2) is 4.79 Å². The largest absolute Gasteiger partial charge is 0.494 e. The van der Waals surface area contributed by atoms with Crippen molar-refractivity contribution in [3.63, 3.8) is 0 Å². The number of pyridine rings is 1. The van der Waals surface area contributed by atoms with Crippen molar-refractivity contribution in [2.45, 2.75) is 13.5 Å². The number of hydrogen-bond acceptors (Lipinski definition) is 4. The van der Waals surface area contributed by atoms with Crippen LogP contribution in [0.4, 0.5) is 10.5 Å². The Morgan fingerprint density at radius 1 is 1.20 bits per heavy atom. The molecule has 2 amide bonds. The van der Waals surface area contributed by atoms with Gasteiger partial charge in [-0.15, -0.1) is 0 Å². The number of ether oxygens (including phenoxy) is 1. The lowest BCUT2D eigenvalue weighted by Gasteiger charge is -2.09. The maximum absolute atomic E-state index is 12.0. The Morgan fingerprint density at radius 2 is 2.04 bits per heavy atom. The smallest absolute Gasteiger partial charge is 0.319 e. The summed E-state index contributed by atoms with van der Waals surface area (Å²) < 4.78 is 10.7. The maximum atomic E-state index is 12.0. The van der Waals surface area contributed by atoms with Crippen LogP contribution in [-0.2, 0) is 6.54 Å². The highest BCUT2D eigenvalue weighted by Crippen LogP contribution is 2.19. The first-order chi connectivity index (χ1) is 12.2. The zero-order valence-electron chi connectivity index (χ0n) is 13.9. The number of anilines is 1. The molecule has 2 aromatic heterocycles. The van der Waals surface area contributed by atoms with Crippen LogP contribution in [0.3, 0.4) is 0 Å². The Kier molecular flexibility index (Phi) is 5.31. The summed E-state index contributed by atoms with van der Waals surface area (Å²) in [6.07, 6.45) is 5.05. The molecular weight excluding hydrogens is 318 g/mol. The predicted molar refractivity (Wildman–Crippen MR) is 95.4 cm³/mol. The second-order valence-corrected chi connectivity index (χ2v) is 5.32. The van der Waals surface area contributed by atoms with E-state index < -0.39 is 0 Å². The van der Waals surface area contributed by atoms with Gasteiger partial charge in [0.1, 0.15) is 11.5 Å². The third-order valence-corrected chi connectivity index (χ3v) is 3.48. The summed E-state index contributed by atoms with van der Waals surface area (Å²) in [6, 6.07) is 12.6. The molecule has 2 N–H and O–H groups in total. The monoisotopic (exact) mass is 337 g/mol. The number of benzene rings is 1. The first-order valence-electron chi connectivity index (χ1n) is 8.00. The summed E-state index contributed by atoms with van der Waals surface area (Å²) >= 11 is 0. The zero-order valence-corrected chi connectivity index (χ0v) is 13.9. The van der Waals surface area contributed by atoms with E-state index in [1.54, 1.807) is 30.8 Å². The van der Waals surface area contributed by atoms with E-state index in [9.17, 15) is 4.79 Å². The molecule has 0 aliphatic heterocycles. The van der Waals surface area contributed by atoms with Crippen LogP contribution in [0.15, 0.2) is 65.5 Å². The molecule has 128 valence electrons. The molecule has 3 rings (SSSR count). The molecule has 0 fully saturated rings. The summed E-state index contributed by atoms with van der Waals surface area (Å²) in [5.41, 5.74) is 2.45. The first-order valence-corrected chi connectivity index (χ1v) is 8.00. The minimum Gasteiger partial charge on any atom is -0.494 e. The van der Waals surface area contributed by atoms with Gasteiger partial charge in [-0.3, -0.25) is 4.98 Å². The summed E-state index contributed by atoms with van der Waals surface area (Å²) in [4.78, 5) is 16.2. The Labute approximate surface area is 145 Å². The summed E-state index contributed by atoms with van der Waals surface area (Å²) in [6.45, 7) is 2.90. The number of urea groups is 1. The zero-order chi connectivity index (χ0) is 17.5. The van der Waals surface area contributed by atoms with Gasteiger partial charge in [0.2, 0.25) is 0 Å². The SMILES string of the molecule is CCOc1ccc(NC(=O)NCc2cncc(-c3ccco3)c2)cc1. The van der Waals surface area contributed by atoms with Gasteiger partial charge in [0.05, 0.1) is 12.9 Å². The highest BCUT2D eigenvalue weighted by molar-refractivity contribution is 5.89. The van der Waals surface area contributed by atoms with Crippen molar-refractivity contribution in [1.82, 2.24) is 10.3 Å². The van der Waals surface area contributed by atoms with Crippen LogP contribution in [0.25, 0.3) is 11.3 Å². The van der Waals surface area contributed by atoms with Gasteiger partial charge in [-0.1, -0.05) is 0 Å². The molecule has 6 nitrogen and oxygen atoms in total. The van der Waals surface area contributed by atoms with E-state index in [0.717, 1.165) is 22.6 Å². The van der Waals surface area contributed by atoms with E-state index in [2.05, 4.69) is 15.6 Å². The van der Waals surface area contributed by atoms with Gasteiger partial charge in [-0.05, 0) is 55.0 Å². The molecule has 0 aliphatic rings. The topological polar surface area (TPSA) is 76.4 Å². The second-order valence-electron chi connectivity index (χ2n) is 5.32. The summed E-state index contributed by atoms with van der Waals surface area (Å²) in [7, 11) is 0. The van der Waals surface area contributed by atoms with Gasteiger partial charge >= 0.3 is 6.03 Å². The number of carbonyl (C=O) groups excluding carboxylic acids is 1. The molecule has 2 heterocycles. The number of rotatable bonds is 6. The van der Waals surface area contributed by atoms with Crippen LogP contribution in [0.2, 0.25) is 0 Å². The van der Waals surface area contributed by atoms with Crippen LogP contribution < -0.4 is 15.4 Å². The van der Waals surface area contributed by atoms with E-state index in [1.165, 1.54) is 0 Å². The summed E-state index contributed by atoms with van der Waals surface area (Å²) in [5, 5.41) is 5.59. The number of aromatic nitrogens is 1. The molecule has 0 spiro atoms. The Balaban J connectivity index is 1.54. The number of amides is 2. The Hall–Kier alpha value is -3.28. The van der Waals surface area contributed by atoms with E-state index in [4.69, 9.17) is 9.15 Å². The average Bonchev–Trinajstić information content (AvgIpc) is 3.17. The maximum Gasteiger partial charge on any atom is 0.319 e. The number of carbonyl (C=O) groups is 1. The molecular formula is C19H19N3O3. The highest BCUT2D eigenvalue weighted by Gasteiger charge is 2.05. The van der Waals surface area contributed by atoms with Crippen LogP contribution in [-0.4, -0.2) is 17.6 Å². The summed E-state index contributed by atoms with van der Waals surface area (Å²) in [5.74, 6) is 1.52. The van der Waals surface area contributed by atoms with Crippen LogP contribution >= 0.6 is 0 Å². The third kappa shape index (κ3) is 4.60. The van der Waals surface area contributed by atoms with E-state index in [-0.39, 0.29) is 6.03 Å². The van der Waals surface area contributed by atoms with Crippen LogP contribution in [0, 0.1) is 0 Å². The van der Waals surface area contributed by atoms with Crippen molar-refractivity contribution in [2.75, 3.05) is 11.9 Å². The fourth-order valence-corrected chi connectivity index (χ4v) is 2.32. The average molecular weight is 337 g/mol. The molecule has 0 bridgehead atoms. The predicted octanol–water partition coefficient (Wildman–Crippen LogP) is 4.06. The van der Waals surface area contributed by atoms with Gasteiger partial charge in [0, 0.05) is 30.2 Å². The van der Waals surface area contributed by atoms with Crippen molar-refractivity contribution in [2.24, 2.45) is 0 Å². The van der Waals surface area contributed by atoms with Crippen LogP contribution in [0.1, 0.15) is 12.5 Å². The van der Waals surface area contributed by atoms with Crippen molar-refractivity contribution >= 4 is 11.7 Å². The van der Waals surface area contributed by atoms with Gasteiger partial charge < -0.3 is 19.8 Å². The van der Waals surface area contributed by atoms with Crippen molar-refractivity contribution in [3.05, 3.63) is 66.7 Å². The Bertz CT molecular complexity index is 814. The number of furan rings is 1. The van der Waals surface area contributed by atoms with Crippen molar-refractivity contribution < 1.29 is 13.9 Å². The van der Waals surface area contributed by atoms with Crippen LogP contribution in [0.5, 0.6) is 5.75 Å². The highest BCUT2D eigenvalue weighted by atomic mass is 16.5. The lowest BCUT2D eigenvalue weighted by Crippen LogP contribution is -2.28. The van der Waals surface area contributed by atoms with Gasteiger partial charge in [0.15, 0.2) is 0 Å². The Morgan fingerprint density at radius 3 is 2.76 bits per heavy atom. The van der Waals surface area contributed by atoms with Crippen molar-refractivity contribution in [3.8, 4) is 17.1 Å². The number of hydrogen-bond donors (Lipinski definition) is 2. The fourth-order valence-electron chi connectivity index (χ4n) is 2.32. The quantitative estimate of drug-likeness (QED) is 0.711. The lowest BCUT2D eigenvalue weighted by atomic mass is 10.1. The molecule has 25 heavy (non-hydrogen) atoms. The molecule has 0 radical (unpaired) electrons. The standard InChI is InChI=1S/C19H19N3O3/c1-2-24-17-7-5-16(6-8-17)22-19(23)21-12-14-10-15(13-20-11-14)18-4-3-9-25-18/h3-11,13H,2,12H2,1H3,(H2,21,22,23). The minimum absolute atomic E-state index is 0.285. The molecule has 0 saturated heterocycles. The molecule has 0 atom stereocenters. The second kappa shape index (κ2) is 8.01. The molecule has 0 saturated carbocycles. The van der Waals surface area contributed by atoms with Crippen molar-refractivity contribution in [1.29, 1.82) is 0 Å². The van der Waals surface area contributed by atoms with E-state index in [0.29, 0.717) is 18.8 Å². The molecule has 0 unspecified atom stereocenters. The minimum atomic E-state index is -0.285. The lowest BCUT2D eigenvalue weighted by molar-refractivity contribution is 0.251. The van der Waals surface area contributed by atoms with Gasteiger partial charge in [-0.2, -0.15) is 0 Å². The molecule has 6 heteroatoms.